The van der Waals surface area contributed by atoms with E-state index in [4.69, 9.17) is 0 Å². The Morgan fingerprint density at radius 3 is 2.63 bits per heavy atom. The molecule has 3 aromatic rings. The van der Waals surface area contributed by atoms with Crippen LogP contribution in [0.25, 0.3) is 10.8 Å². The second kappa shape index (κ2) is 4.70. The van der Waals surface area contributed by atoms with E-state index < -0.39 is 0 Å². The number of halogens is 1. The summed E-state index contributed by atoms with van der Waals surface area (Å²) in [6.07, 6.45) is 0.621. The summed E-state index contributed by atoms with van der Waals surface area (Å²) in [6, 6.07) is 12.4. The molecule has 19 heavy (non-hydrogen) atoms. The number of rotatable bonds is 2. The molecule has 1 heterocycles. The first kappa shape index (κ1) is 12.2. The Bertz CT molecular complexity index is 801. The fourth-order valence-electron chi connectivity index (χ4n) is 2.29. The number of aromatic nitrogens is 2. The summed E-state index contributed by atoms with van der Waals surface area (Å²) in [5.41, 5.74) is 2.76. The predicted octanol–water partition coefficient (Wildman–Crippen LogP) is 3.52. The quantitative estimate of drug-likeness (QED) is 0.746. The van der Waals surface area contributed by atoms with Gasteiger partial charge in [0.2, 0.25) is 0 Å². The first-order chi connectivity index (χ1) is 9.16. The van der Waals surface area contributed by atoms with Crippen molar-refractivity contribution in [2.75, 3.05) is 0 Å². The first-order valence-corrected chi connectivity index (χ1v) is 6.88. The fraction of sp³-hybridized carbons (Fsp3) is 0.133. The number of hydrogen-bond acceptors (Lipinski definition) is 1. The topological polar surface area (TPSA) is 48.6 Å². The number of hydrogen-bond donors (Lipinski definition) is 2. The van der Waals surface area contributed by atoms with Gasteiger partial charge in [-0.2, -0.15) is 0 Å². The van der Waals surface area contributed by atoms with Crippen LogP contribution in [0.4, 0.5) is 0 Å². The molecule has 0 aliphatic rings. The van der Waals surface area contributed by atoms with Crippen molar-refractivity contribution in [2.24, 2.45) is 0 Å². The van der Waals surface area contributed by atoms with Gasteiger partial charge < -0.3 is 5.10 Å². The molecule has 4 heteroatoms. The Morgan fingerprint density at radius 1 is 1.11 bits per heavy atom. The standard InChI is InChI=1S/C15H13BrN2O/c1-9-13(15(19)18-17-9)8-11-7-6-10-4-2-3-5-12(10)14(11)16/h2-7H,8H2,1H3,(H2,17,18,19). The molecule has 0 unspecified atom stereocenters. The van der Waals surface area contributed by atoms with E-state index in [1.54, 1.807) is 0 Å². The van der Waals surface area contributed by atoms with Gasteiger partial charge in [-0.1, -0.05) is 36.4 Å². The van der Waals surface area contributed by atoms with Crippen LogP contribution in [-0.4, -0.2) is 10.2 Å². The largest absolute Gasteiger partial charge is 0.302 e. The molecule has 3 nitrogen and oxygen atoms in total. The smallest absolute Gasteiger partial charge is 0.267 e. The van der Waals surface area contributed by atoms with E-state index in [0.29, 0.717) is 6.42 Å². The van der Waals surface area contributed by atoms with Crippen molar-refractivity contribution in [1.29, 1.82) is 0 Å². The zero-order valence-corrected chi connectivity index (χ0v) is 12.0. The van der Waals surface area contributed by atoms with Gasteiger partial charge in [0.1, 0.15) is 0 Å². The van der Waals surface area contributed by atoms with E-state index in [2.05, 4.69) is 50.4 Å². The van der Waals surface area contributed by atoms with Gasteiger partial charge in [0.15, 0.2) is 0 Å². The molecule has 1 aromatic heterocycles. The summed E-state index contributed by atoms with van der Waals surface area (Å²) < 4.78 is 1.06. The Morgan fingerprint density at radius 2 is 1.89 bits per heavy atom. The van der Waals surface area contributed by atoms with Crippen molar-refractivity contribution in [3.63, 3.8) is 0 Å². The number of nitrogens with one attached hydrogen (secondary N) is 2. The van der Waals surface area contributed by atoms with E-state index in [-0.39, 0.29) is 5.56 Å². The van der Waals surface area contributed by atoms with Crippen molar-refractivity contribution in [2.45, 2.75) is 13.3 Å². The van der Waals surface area contributed by atoms with Gasteiger partial charge in [0.25, 0.3) is 5.56 Å². The van der Waals surface area contributed by atoms with E-state index >= 15 is 0 Å². The zero-order chi connectivity index (χ0) is 13.4. The maximum absolute atomic E-state index is 11.7. The molecule has 0 spiro atoms. The van der Waals surface area contributed by atoms with Crippen molar-refractivity contribution in [3.8, 4) is 0 Å². The van der Waals surface area contributed by atoms with Gasteiger partial charge in [-0.25, -0.2) is 0 Å². The first-order valence-electron chi connectivity index (χ1n) is 6.09. The lowest BCUT2D eigenvalue weighted by Crippen LogP contribution is -2.07. The van der Waals surface area contributed by atoms with Crippen LogP contribution in [0, 0.1) is 6.92 Å². The van der Waals surface area contributed by atoms with Crippen LogP contribution in [-0.2, 0) is 6.42 Å². The van der Waals surface area contributed by atoms with Crippen LogP contribution >= 0.6 is 15.9 Å². The molecule has 0 saturated heterocycles. The molecule has 0 atom stereocenters. The molecular weight excluding hydrogens is 304 g/mol. The van der Waals surface area contributed by atoms with Crippen LogP contribution in [0.5, 0.6) is 0 Å². The maximum Gasteiger partial charge on any atom is 0.267 e. The van der Waals surface area contributed by atoms with Gasteiger partial charge in [-0.05, 0) is 39.2 Å². The molecule has 0 fully saturated rings. The lowest BCUT2D eigenvalue weighted by Gasteiger charge is -2.07. The summed E-state index contributed by atoms with van der Waals surface area (Å²) in [5, 5.41) is 7.84. The highest BCUT2D eigenvalue weighted by Gasteiger charge is 2.11. The lowest BCUT2D eigenvalue weighted by atomic mass is 10.0. The highest BCUT2D eigenvalue weighted by atomic mass is 79.9. The molecular formula is C15H13BrN2O. The number of benzene rings is 2. The molecule has 96 valence electrons. The number of aryl methyl sites for hydroxylation is 1. The predicted molar refractivity (Wildman–Crippen MR) is 80.6 cm³/mol. The Kier molecular flexibility index (Phi) is 3.03. The van der Waals surface area contributed by atoms with Crippen LogP contribution in [0.2, 0.25) is 0 Å². The summed E-state index contributed by atoms with van der Waals surface area (Å²) >= 11 is 3.65. The third-order valence-corrected chi connectivity index (χ3v) is 4.34. The van der Waals surface area contributed by atoms with Gasteiger partial charge in [0, 0.05) is 22.2 Å². The minimum atomic E-state index is -0.0439. The summed E-state index contributed by atoms with van der Waals surface area (Å²) in [4.78, 5) is 11.7. The van der Waals surface area contributed by atoms with E-state index in [0.717, 1.165) is 21.3 Å². The molecule has 0 radical (unpaired) electrons. The summed E-state index contributed by atoms with van der Waals surface area (Å²) in [6.45, 7) is 1.90. The van der Waals surface area contributed by atoms with Gasteiger partial charge in [0.05, 0.1) is 0 Å². The van der Waals surface area contributed by atoms with Gasteiger partial charge in [-0.3, -0.25) is 9.89 Å². The fourth-order valence-corrected chi connectivity index (χ4v) is 2.92. The zero-order valence-electron chi connectivity index (χ0n) is 10.5. The lowest BCUT2D eigenvalue weighted by molar-refractivity contribution is 1.02. The molecule has 2 N–H and O–H groups in total. The number of H-pyrrole nitrogens is 2. The molecule has 0 aliphatic carbocycles. The van der Waals surface area contributed by atoms with E-state index in [9.17, 15) is 4.79 Å². The normalized spacial score (nSPS) is 11.1. The second-order valence-corrected chi connectivity index (χ2v) is 5.41. The Hall–Kier alpha value is -1.81. The van der Waals surface area contributed by atoms with Crippen molar-refractivity contribution in [1.82, 2.24) is 10.2 Å². The van der Waals surface area contributed by atoms with Crippen molar-refractivity contribution >= 4 is 26.7 Å². The molecule has 2 aromatic carbocycles. The number of fused-ring (bicyclic) bond motifs is 1. The Balaban J connectivity index is 2.12. The van der Waals surface area contributed by atoms with Crippen LogP contribution in [0.1, 0.15) is 16.8 Å². The Labute approximate surface area is 118 Å². The van der Waals surface area contributed by atoms with Crippen LogP contribution in [0.15, 0.2) is 45.7 Å². The van der Waals surface area contributed by atoms with E-state index in [1.165, 1.54) is 10.8 Å². The van der Waals surface area contributed by atoms with Crippen molar-refractivity contribution in [3.05, 3.63) is 68.0 Å². The highest BCUT2D eigenvalue weighted by Crippen LogP contribution is 2.29. The average molecular weight is 317 g/mol. The minimum Gasteiger partial charge on any atom is -0.302 e. The second-order valence-electron chi connectivity index (χ2n) is 4.62. The average Bonchev–Trinajstić information content (AvgIpc) is 2.74. The number of aromatic amines is 2. The van der Waals surface area contributed by atoms with Gasteiger partial charge >= 0.3 is 0 Å². The molecule has 0 bridgehead atoms. The third kappa shape index (κ3) is 2.12. The van der Waals surface area contributed by atoms with Crippen LogP contribution < -0.4 is 5.56 Å². The monoisotopic (exact) mass is 316 g/mol. The van der Waals surface area contributed by atoms with E-state index in [1.807, 2.05) is 19.1 Å². The van der Waals surface area contributed by atoms with Gasteiger partial charge in [-0.15, -0.1) is 0 Å². The van der Waals surface area contributed by atoms with Crippen LogP contribution in [0.3, 0.4) is 0 Å². The molecule has 0 amide bonds. The highest BCUT2D eigenvalue weighted by molar-refractivity contribution is 9.10. The molecule has 0 aliphatic heterocycles. The molecule has 3 rings (SSSR count). The summed E-state index contributed by atoms with van der Waals surface area (Å²) in [7, 11) is 0. The van der Waals surface area contributed by atoms with Crippen molar-refractivity contribution < 1.29 is 0 Å². The summed E-state index contributed by atoms with van der Waals surface area (Å²) in [5.74, 6) is 0. The minimum absolute atomic E-state index is 0.0439. The SMILES string of the molecule is Cc1[nH][nH]c(=O)c1Cc1ccc2ccccc2c1Br. The maximum atomic E-state index is 11.7. The third-order valence-electron chi connectivity index (χ3n) is 3.40. The molecule has 0 saturated carbocycles.